The number of carbonyl (C=O) groups excluding carboxylic acids is 3. The van der Waals surface area contributed by atoms with Gasteiger partial charge >= 0.3 is 12.1 Å². The molecule has 1 rings (SSSR count). The van der Waals surface area contributed by atoms with Gasteiger partial charge in [-0.2, -0.15) is 0 Å². The molecule has 0 saturated carbocycles. The molecule has 0 heterocycles. The first-order valence-corrected chi connectivity index (χ1v) is 9.86. The molecule has 7 heteroatoms. The van der Waals surface area contributed by atoms with Gasteiger partial charge in [0, 0.05) is 12.1 Å². The summed E-state index contributed by atoms with van der Waals surface area (Å²) in [5, 5.41) is 2.84. The van der Waals surface area contributed by atoms with Gasteiger partial charge in [-0.05, 0) is 54.0 Å². The maximum Gasteiger partial charge on any atom is 0.411 e. The van der Waals surface area contributed by atoms with Crippen molar-refractivity contribution in [3.8, 4) is 0 Å². The second-order valence-corrected chi connectivity index (χ2v) is 8.62. The molecule has 0 aliphatic rings. The maximum absolute atomic E-state index is 12.9. The molecule has 0 fully saturated rings. The number of ether oxygens (including phenoxy) is 2. The van der Waals surface area contributed by atoms with E-state index in [-0.39, 0.29) is 25.5 Å². The Morgan fingerprint density at radius 2 is 1.66 bits per heavy atom. The van der Waals surface area contributed by atoms with Crippen LogP contribution in [-0.4, -0.2) is 46.7 Å². The van der Waals surface area contributed by atoms with Gasteiger partial charge in [0.2, 0.25) is 5.91 Å². The average Bonchev–Trinajstić information content (AvgIpc) is 2.57. The fourth-order valence-electron chi connectivity index (χ4n) is 2.66. The normalized spacial score (nSPS) is 12.7. The number of carbonyl (C=O) groups is 3. The molecule has 1 N–H and O–H groups in total. The summed E-state index contributed by atoms with van der Waals surface area (Å²) >= 11 is 0. The van der Waals surface area contributed by atoms with Crippen molar-refractivity contribution in [2.24, 2.45) is 0 Å². The van der Waals surface area contributed by atoms with Gasteiger partial charge in [-0.25, -0.2) is 4.79 Å². The quantitative estimate of drug-likeness (QED) is 0.666. The Balaban J connectivity index is 2.96. The number of amides is 2. The Labute approximate surface area is 173 Å². The van der Waals surface area contributed by atoms with Crippen molar-refractivity contribution in [2.75, 3.05) is 6.61 Å². The summed E-state index contributed by atoms with van der Waals surface area (Å²) in [4.78, 5) is 38.9. The van der Waals surface area contributed by atoms with Crippen LogP contribution in [-0.2, 0) is 25.6 Å². The van der Waals surface area contributed by atoms with Crippen molar-refractivity contribution in [1.82, 2.24) is 10.2 Å². The van der Waals surface area contributed by atoms with E-state index >= 15 is 0 Å². The summed E-state index contributed by atoms with van der Waals surface area (Å²) in [6.07, 6.45) is -0.544. The average molecular weight is 407 g/mol. The van der Waals surface area contributed by atoms with Crippen LogP contribution in [0.15, 0.2) is 30.3 Å². The molecule has 0 aromatic heterocycles. The molecule has 0 bridgehead atoms. The lowest BCUT2D eigenvalue weighted by Gasteiger charge is -2.33. The van der Waals surface area contributed by atoms with Gasteiger partial charge in [0.15, 0.2) is 0 Å². The zero-order chi connectivity index (χ0) is 22.2. The van der Waals surface area contributed by atoms with E-state index < -0.39 is 29.2 Å². The SMILES string of the molecule is CCOC(=O)CC(C)(C)NC(=O)[C@H](C)N(Cc1ccccc1)C(=O)OC(C)(C)C. The Morgan fingerprint density at radius 1 is 1.07 bits per heavy atom. The molecule has 0 radical (unpaired) electrons. The third kappa shape index (κ3) is 8.98. The van der Waals surface area contributed by atoms with E-state index in [1.807, 2.05) is 30.3 Å². The summed E-state index contributed by atoms with van der Waals surface area (Å²) in [6, 6.07) is 8.59. The summed E-state index contributed by atoms with van der Waals surface area (Å²) in [6.45, 7) is 12.7. The smallest absolute Gasteiger partial charge is 0.411 e. The topological polar surface area (TPSA) is 84.9 Å². The monoisotopic (exact) mass is 406 g/mol. The summed E-state index contributed by atoms with van der Waals surface area (Å²) < 4.78 is 10.5. The number of rotatable bonds is 8. The van der Waals surface area contributed by atoms with Gasteiger partial charge in [0.05, 0.1) is 13.0 Å². The van der Waals surface area contributed by atoms with E-state index in [1.54, 1.807) is 48.5 Å². The highest BCUT2D eigenvalue weighted by molar-refractivity contribution is 5.86. The first-order chi connectivity index (χ1) is 13.3. The minimum absolute atomic E-state index is 0.0322. The number of benzene rings is 1. The fourth-order valence-corrected chi connectivity index (χ4v) is 2.66. The van der Waals surface area contributed by atoms with Crippen LogP contribution in [0.3, 0.4) is 0 Å². The minimum Gasteiger partial charge on any atom is -0.466 e. The molecule has 7 nitrogen and oxygen atoms in total. The van der Waals surface area contributed by atoms with Crippen molar-refractivity contribution in [3.05, 3.63) is 35.9 Å². The molecule has 0 saturated heterocycles. The highest BCUT2D eigenvalue weighted by atomic mass is 16.6. The van der Waals surface area contributed by atoms with Crippen molar-refractivity contribution < 1.29 is 23.9 Å². The van der Waals surface area contributed by atoms with E-state index in [0.717, 1.165) is 5.56 Å². The fraction of sp³-hybridized carbons (Fsp3) is 0.591. The lowest BCUT2D eigenvalue weighted by atomic mass is 10.00. The van der Waals surface area contributed by atoms with E-state index in [0.29, 0.717) is 0 Å². The molecule has 1 aromatic rings. The summed E-state index contributed by atoms with van der Waals surface area (Å²) in [7, 11) is 0. The molecule has 29 heavy (non-hydrogen) atoms. The van der Waals surface area contributed by atoms with Crippen LogP contribution < -0.4 is 5.32 Å². The van der Waals surface area contributed by atoms with Gasteiger partial charge < -0.3 is 14.8 Å². The van der Waals surface area contributed by atoms with E-state index in [2.05, 4.69) is 5.32 Å². The second kappa shape index (κ2) is 10.3. The molecule has 0 spiro atoms. The van der Waals surface area contributed by atoms with Gasteiger partial charge in [0.25, 0.3) is 0 Å². The second-order valence-electron chi connectivity index (χ2n) is 8.62. The van der Waals surface area contributed by atoms with Crippen LogP contribution >= 0.6 is 0 Å². The molecule has 2 amide bonds. The molecule has 0 unspecified atom stereocenters. The Morgan fingerprint density at radius 3 is 2.17 bits per heavy atom. The van der Waals surface area contributed by atoms with E-state index in [9.17, 15) is 14.4 Å². The number of hydrogen-bond acceptors (Lipinski definition) is 5. The predicted octanol–water partition coefficient (Wildman–Crippen LogP) is 3.66. The number of hydrogen-bond donors (Lipinski definition) is 1. The zero-order valence-electron chi connectivity index (χ0n) is 18.6. The van der Waals surface area contributed by atoms with Crippen molar-refractivity contribution >= 4 is 18.0 Å². The first-order valence-electron chi connectivity index (χ1n) is 9.86. The molecule has 0 aliphatic heterocycles. The van der Waals surface area contributed by atoms with Crippen LogP contribution in [0.25, 0.3) is 0 Å². The maximum atomic E-state index is 12.9. The standard InChI is InChI=1S/C22H34N2O5/c1-8-28-18(25)14-22(6,7)23-19(26)16(2)24(20(27)29-21(3,4)5)15-17-12-10-9-11-13-17/h9-13,16H,8,14-15H2,1-7H3,(H,23,26)/t16-/m0/s1. The Bertz CT molecular complexity index is 695. The van der Waals surface area contributed by atoms with Crippen LogP contribution in [0.4, 0.5) is 4.79 Å². The lowest BCUT2D eigenvalue weighted by Crippen LogP contribution is -2.54. The summed E-state index contributed by atoms with van der Waals surface area (Å²) in [5.74, 6) is -0.764. The van der Waals surface area contributed by atoms with Crippen molar-refractivity contribution in [2.45, 2.75) is 78.6 Å². The van der Waals surface area contributed by atoms with Crippen molar-refractivity contribution in [1.29, 1.82) is 0 Å². The van der Waals surface area contributed by atoms with Gasteiger partial charge in [-0.1, -0.05) is 30.3 Å². The minimum atomic E-state index is -0.816. The van der Waals surface area contributed by atoms with Gasteiger partial charge in [-0.15, -0.1) is 0 Å². The van der Waals surface area contributed by atoms with E-state index in [1.165, 1.54) is 4.90 Å². The third-order valence-corrected chi connectivity index (χ3v) is 4.02. The third-order valence-electron chi connectivity index (χ3n) is 4.02. The number of nitrogens with one attached hydrogen (secondary N) is 1. The van der Waals surface area contributed by atoms with Crippen LogP contribution in [0.2, 0.25) is 0 Å². The largest absolute Gasteiger partial charge is 0.466 e. The van der Waals surface area contributed by atoms with Crippen molar-refractivity contribution in [3.63, 3.8) is 0 Å². The molecular weight excluding hydrogens is 372 g/mol. The Kier molecular flexibility index (Phi) is 8.67. The predicted molar refractivity (Wildman–Crippen MR) is 111 cm³/mol. The highest BCUT2D eigenvalue weighted by Gasteiger charge is 2.33. The molecular formula is C22H34N2O5. The first kappa shape index (κ1) is 24.5. The lowest BCUT2D eigenvalue weighted by molar-refractivity contribution is -0.145. The molecule has 1 atom stereocenters. The molecule has 1 aromatic carbocycles. The van der Waals surface area contributed by atoms with Crippen LogP contribution in [0.5, 0.6) is 0 Å². The van der Waals surface area contributed by atoms with Gasteiger partial charge in [-0.3, -0.25) is 14.5 Å². The Hall–Kier alpha value is -2.57. The van der Waals surface area contributed by atoms with Gasteiger partial charge in [0.1, 0.15) is 11.6 Å². The van der Waals surface area contributed by atoms with E-state index in [4.69, 9.17) is 9.47 Å². The van der Waals surface area contributed by atoms with Crippen LogP contribution in [0.1, 0.15) is 60.5 Å². The highest BCUT2D eigenvalue weighted by Crippen LogP contribution is 2.17. The number of nitrogens with zero attached hydrogens (tertiary/aromatic N) is 1. The summed E-state index contributed by atoms with van der Waals surface area (Å²) in [5.41, 5.74) is -0.626. The van der Waals surface area contributed by atoms with Crippen LogP contribution in [0, 0.1) is 0 Å². The molecule has 162 valence electrons. The zero-order valence-corrected chi connectivity index (χ0v) is 18.6. The molecule has 0 aliphatic carbocycles. The number of esters is 1.